The van der Waals surface area contributed by atoms with Crippen LogP contribution in [0.3, 0.4) is 0 Å². The Bertz CT molecular complexity index is 1090. The van der Waals surface area contributed by atoms with E-state index in [1.807, 2.05) is 19.1 Å². The van der Waals surface area contributed by atoms with Gasteiger partial charge in [0.25, 0.3) is 0 Å². The average Bonchev–Trinajstić information content (AvgIpc) is 3.09. The number of thiazole rings is 1. The highest BCUT2D eigenvalue weighted by atomic mass is 32.2. The standard InChI is InChI=1S/C19H21N3O5S2/c1-3-27-13-4-7-15(8-5-13)29(24,25)20-11-10-18(23)22-19-21-16-9-6-14(26-2)12-17(16)28-19/h4-9,12,20H,3,10-11H2,1-2H3,(H,21,22,23). The van der Waals surface area contributed by atoms with Gasteiger partial charge in [-0.3, -0.25) is 4.79 Å². The number of fused-ring (bicyclic) bond motifs is 1. The molecule has 0 saturated heterocycles. The van der Waals surface area contributed by atoms with Gasteiger partial charge in [-0.15, -0.1) is 0 Å². The Morgan fingerprint density at radius 1 is 1.14 bits per heavy atom. The number of carbonyl (C=O) groups is 1. The van der Waals surface area contributed by atoms with Crippen LogP contribution in [0.2, 0.25) is 0 Å². The number of benzene rings is 2. The maximum Gasteiger partial charge on any atom is 0.240 e. The highest BCUT2D eigenvalue weighted by Gasteiger charge is 2.15. The fourth-order valence-corrected chi connectivity index (χ4v) is 4.47. The molecule has 0 bridgehead atoms. The third-order valence-electron chi connectivity index (χ3n) is 3.93. The number of ether oxygens (including phenoxy) is 2. The van der Waals surface area contributed by atoms with E-state index in [-0.39, 0.29) is 23.8 Å². The van der Waals surface area contributed by atoms with Gasteiger partial charge in [0.2, 0.25) is 15.9 Å². The van der Waals surface area contributed by atoms with Crippen LogP contribution in [0.4, 0.5) is 5.13 Å². The average molecular weight is 436 g/mol. The van der Waals surface area contributed by atoms with Gasteiger partial charge in [0.1, 0.15) is 11.5 Å². The Morgan fingerprint density at radius 3 is 2.55 bits per heavy atom. The number of sulfonamides is 1. The lowest BCUT2D eigenvalue weighted by molar-refractivity contribution is -0.116. The van der Waals surface area contributed by atoms with Crippen molar-refractivity contribution in [2.45, 2.75) is 18.2 Å². The van der Waals surface area contributed by atoms with E-state index < -0.39 is 10.0 Å². The minimum absolute atomic E-state index is 0.0183. The molecular formula is C19H21N3O5S2. The molecule has 2 aromatic carbocycles. The third-order valence-corrected chi connectivity index (χ3v) is 6.34. The van der Waals surface area contributed by atoms with Crippen LogP contribution in [0.5, 0.6) is 11.5 Å². The van der Waals surface area contributed by atoms with Crippen molar-refractivity contribution in [3.05, 3.63) is 42.5 Å². The minimum Gasteiger partial charge on any atom is -0.497 e. The number of anilines is 1. The van der Waals surface area contributed by atoms with Crippen LogP contribution in [0, 0.1) is 0 Å². The number of hydrogen-bond donors (Lipinski definition) is 2. The van der Waals surface area contributed by atoms with E-state index in [9.17, 15) is 13.2 Å². The number of amides is 1. The summed E-state index contributed by atoms with van der Waals surface area (Å²) in [5.41, 5.74) is 0.752. The van der Waals surface area contributed by atoms with Crippen LogP contribution in [0.15, 0.2) is 47.4 Å². The fraction of sp³-hybridized carbons (Fsp3) is 0.263. The first-order chi connectivity index (χ1) is 13.9. The summed E-state index contributed by atoms with van der Waals surface area (Å²) in [7, 11) is -2.12. The zero-order chi connectivity index (χ0) is 20.9. The van der Waals surface area contributed by atoms with Crippen molar-refractivity contribution in [3.8, 4) is 11.5 Å². The number of aromatic nitrogens is 1. The van der Waals surface area contributed by atoms with Gasteiger partial charge in [0.15, 0.2) is 5.13 Å². The van der Waals surface area contributed by atoms with Crippen molar-refractivity contribution in [3.63, 3.8) is 0 Å². The highest BCUT2D eigenvalue weighted by molar-refractivity contribution is 7.89. The first-order valence-corrected chi connectivity index (χ1v) is 11.2. The summed E-state index contributed by atoms with van der Waals surface area (Å²) < 4.78 is 38.4. The normalized spacial score (nSPS) is 11.4. The monoisotopic (exact) mass is 435 g/mol. The first kappa shape index (κ1) is 21.0. The quantitative estimate of drug-likeness (QED) is 0.535. The summed E-state index contributed by atoms with van der Waals surface area (Å²) in [6, 6.07) is 11.5. The second-order valence-electron chi connectivity index (χ2n) is 5.95. The minimum atomic E-state index is -3.70. The van der Waals surface area contributed by atoms with E-state index in [4.69, 9.17) is 9.47 Å². The number of rotatable bonds is 9. The van der Waals surface area contributed by atoms with Gasteiger partial charge in [-0.1, -0.05) is 11.3 Å². The number of nitrogens with zero attached hydrogens (tertiary/aromatic N) is 1. The van der Waals surface area contributed by atoms with Gasteiger partial charge in [0.05, 0.1) is 28.8 Å². The van der Waals surface area contributed by atoms with Crippen LogP contribution in [-0.2, 0) is 14.8 Å². The van der Waals surface area contributed by atoms with E-state index in [2.05, 4.69) is 15.0 Å². The zero-order valence-electron chi connectivity index (χ0n) is 16.0. The van der Waals surface area contributed by atoms with E-state index in [1.54, 1.807) is 25.3 Å². The molecule has 0 radical (unpaired) electrons. The molecule has 1 amide bonds. The van der Waals surface area contributed by atoms with Crippen molar-refractivity contribution in [2.24, 2.45) is 0 Å². The van der Waals surface area contributed by atoms with Crippen molar-refractivity contribution >= 4 is 42.6 Å². The van der Waals surface area contributed by atoms with Crippen LogP contribution in [0.25, 0.3) is 10.2 Å². The molecule has 0 unspecified atom stereocenters. The Hall–Kier alpha value is -2.69. The fourth-order valence-electron chi connectivity index (χ4n) is 2.53. The number of nitrogens with one attached hydrogen (secondary N) is 2. The summed E-state index contributed by atoms with van der Waals surface area (Å²) in [6.07, 6.45) is -0.0183. The number of hydrogen-bond acceptors (Lipinski definition) is 7. The van der Waals surface area contributed by atoms with Gasteiger partial charge >= 0.3 is 0 Å². The van der Waals surface area contributed by atoms with Crippen molar-refractivity contribution in [1.29, 1.82) is 0 Å². The third kappa shape index (κ3) is 5.43. The second-order valence-corrected chi connectivity index (χ2v) is 8.75. The first-order valence-electron chi connectivity index (χ1n) is 8.88. The molecule has 3 aromatic rings. The van der Waals surface area contributed by atoms with Crippen molar-refractivity contribution < 1.29 is 22.7 Å². The molecule has 10 heteroatoms. The Morgan fingerprint density at radius 2 is 1.86 bits per heavy atom. The topological polar surface area (TPSA) is 107 Å². The van der Waals surface area contributed by atoms with Gasteiger partial charge in [-0.25, -0.2) is 18.1 Å². The van der Waals surface area contributed by atoms with E-state index in [0.29, 0.717) is 23.2 Å². The Kier molecular flexibility index (Phi) is 6.68. The lowest BCUT2D eigenvalue weighted by Gasteiger charge is -2.08. The summed E-state index contributed by atoms with van der Waals surface area (Å²) in [4.78, 5) is 16.6. The second kappa shape index (κ2) is 9.21. The molecule has 3 rings (SSSR count). The Labute approximate surface area is 172 Å². The highest BCUT2D eigenvalue weighted by Crippen LogP contribution is 2.29. The molecule has 2 N–H and O–H groups in total. The molecule has 0 aliphatic rings. The molecule has 0 spiro atoms. The molecule has 0 atom stereocenters. The molecular weight excluding hydrogens is 414 g/mol. The number of carbonyl (C=O) groups excluding carboxylic acids is 1. The summed E-state index contributed by atoms with van der Waals surface area (Å²) in [5.74, 6) is 0.979. The lowest BCUT2D eigenvalue weighted by atomic mass is 10.3. The van der Waals surface area contributed by atoms with Crippen LogP contribution in [0.1, 0.15) is 13.3 Å². The molecule has 8 nitrogen and oxygen atoms in total. The lowest BCUT2D eigenvalue weighted by Crippen LogP contribution is -2.27. The van der Waals surface area contributed by atoms with E-state index in [0.717, 1.165) is 10.2 Å². The predicted octanol–water partition coefficient (Wildman–Crippen LogP) is 3.01. The van der Waals surface area contributed by atoms with Crippen LogP contribution < -0.4 is 19.5 Å². The van der Waals surface area contributed by atoms with E-state index >= 15 is 0 Å². The summed E-state index contributed by atoms with van der Waals surface area (Å²) in [6.45, 7) is 2.32. The summed E-state index contributed by atoms with van der Waals surface area (Å²) >= 11 is 1.32. The molecule has 1 heterocycles. The van der Waals surface area contributed by atoms with Gasteiger partial charge in [0, 0.05) is 13.0 Å². The maximum atomic E-state index is 12.3. The molecule has 0 aliphatic carbocycles. The van der Waals surface area contributed by atoms with E-state index in [1.165, 1.54) is 23.5 Å². The van der Waals surface area contributed by atoms with Gasteiger partial charge in [-0.05, 0) is 49.4 Å². The summed E-state index contributed by atoms with van der Waals surface area (Å²) in [5, 5.41) is 3.14. The number of methoxy groups -OCH3 is 1. The SMILES string of the molecule is CCOc1ccc(S(=O)(=O)NCCC(=O)Nc2nc3ccc(OC)cc3s2)cc1. The maximum absolute atomic E-state index is 12.3. The molecule has 0 saturated carbocycles. The van der Waals surface area contributed by atoms with Crippen molar-refractivity contribution in [1.82, 2.24) is 9.71 Å². The van der Waals surface area contributed by atoms with Gasteiger partial charge < -0.3 is 14.8 Å². The molecule has 1 aromatic heterocycles. The zero-order valence-corrected chi connectivity index (χ0v) is 17.6. The largest absolute Gasteiger partial charge is 0.497 e. The molecule has 0 fully saturated rings. The Balaban J connectivity index is 1.53. The predicted molar refractivity (Wildman–Crippen MR) is 112 cm³/mol. The molecule has 0 aliphatic heterocycles. The van der Waals surface area contributed by atoms with Crippen molar-refractivity contribution in [2.75, 3.05) is 25.6 Å². The van der Waals surface area contributed by atoms with Gasteiger partial charge in [-0.2, -0.15) is 0 Å². The molecule has 29 heavy (non-hydrogen) atoms. The van der Waals surface area contributed by atoms with Crippen LogP contribution in [-0.4, -0.2) is 39.6 Å². The smallest absolute Gasteiger partial charge is 0.240 e. The molecule has 154 valence electrons. The van der Waals surface area contributed by atoms with Crippen LogP contribution >= 0.6 is 11.3 Å².